The van der Waals surface area contributed by atoms with E-state index in [0.29, 0.717) is 13.1 Å². The lowest BCUT2D eigenvalue weighted by Gasteiger charge is -2.13. The minimum atomic E-state index is -0.976. The van der Waals surface area contributed by atoms with E-state index in [2.05, 4.69) is 10.1 Å². The summed E-state index contributed by atoms with van der Waals surface area (Å²) in [6.45, 7) is 2.93. The van der Waals surface area contributed by atoms with Gasteiger partial charge in [0.15, 0.2) is 0 Å². The Kier molecular flexibility index (Phi) is 4.54. The number of carbonyl (C=O) groups is 3. The molecule has 7 heteroatoms. The molecular weight excluding hydrogens is 276 g/mol. The molecule has 112 valence electrons. The molecule has 1 heterocycles. The number of carboxylic acids is 1. The standard InChI is InChI=1S/C14H16N2O5/c1-2-21-14(20)15-12(17)8-16-6-10-4-3-9(13(18)19)5-11(10)7-16/h3-5H,2,6-8H2,1H3,(H,18,19)(H,15,17,20). The molecule has 0 aromatic heterocycles. The number of rotatable bonds is 4. The van der Waals surface area contributed by atoms with E-state index in [4.69, 9.17) is 5.11 Å². The van der Waals surface area contributed by atoms with Crippen LogP contribution in [-0.4, -0.2) is 41.1 Å². The predicted octanol–water partition coefficient (Wildman–Crippen LogP) is 0.973. The molecule has 0 unspecified atom stereocenters. The Bertz CT molecular complexity index is 585. The van der Waals surface area contributed by atoms with Crippen LogP contribution in [0.4, 0.5) is 4.79 Å². The molecule has 0 atom stereocenters. The third-order valence-corrected chi connectivity index (χ3v) is 3.13. The molecule has 1 aliphatic rings. The largest absolute Gasteiger partial charge is 0.478 e. The second-order valence-electron chi connectivity index (χ2n) is 4.70. The van der Waals surface area contributed by atoms with Crippen molar-refractivity contribution in [2.24, 2.45) is 0 Å². The molecule has 0 aliphatic carbocycles. The van der Waals surface area contributed by atoms with E-state index in [1.807, 2.05) is 4.90 Å². The average molecular weight is 292 g/mol. The number of hydrogen-bond donors (Lipinski definition) is 2. The van der Waals surface area contributed by atoms with Gasteiger partial charge in [-0.2, -0.15) is 0 Å². The van der Waals surface area contributed by atoms with Gasteiger partial charge < -0.3 is 9.84 Å². The third-order valence-electron chi connectivity index (χ3n) is 3.13. The number of alkyl carbamates (subject to hydrolysis) is 1. The number of imide groups is 1. The van der Waals surface area contributed by atoms with Gasteiger partial charge in [0.1, 0.15) is 0 Å². The molecule has 1 aromatic rings. The van der Waals surface area contributed by atoms with Crippen LogP contribution in [0.2, 0.25) is 0 Å². The average Bonchev–Trinajstić information content (AvgIpc) is 2.79. The lowest BCUT2D eigenvalue weighted by Crippen LogP contribution is -2.38. The molecular formula is C14H16N2O5. The van der Waals surface area contributed by atoms with Crippen molar-refractivity contribution in [2.45, 2.75) is 20.0 Å². The van der Waals surface area contributed by atoms with Gasteiger partial charge in [-0.15, -0.1) is 0 Å². The van der Waals surface area contributed by atoms with E-state index in [9.17, 15) is 14.4 Å². The number of carboxylic acid groups (broad SMARTS) is 1. The zero-order valence-electron chi connectivity index (χ0n) is 11.6. The summed E-state index contributed by atoms with van der Waals surface area (Å²) < 4.78 is 4.63. The highest BCUT2D eigenvalue weighted by molar-refractivity contribution is 5.93. The molecule has 0 saturated carbocycles. The monoisotopic (exact) mass is 292 g/mol. The quantitative estimate of drug-likeness (QED) is 0.858. The minimum absolute atomic E-state index is 0.0515. The van der Waals surface area contributed by atoms with Crippen molar-refractivity contribution >= 4 is 18.0 Å². The zero-order valence-corrected chi connectivity index (χ0v) is 11.6. The van der Waals surface area contributed by atoms with Crippen LogP contribution in [-0.2, 0) is 22.6 Å². The molecule has 0 spiro atoms. The molecule has 0 saturated heterocycles. The van der Waals surface area contributed by atoms with Crippen molar-refractivity contribution in [2.75, 3.05) is 13.2 Å². The number of nitrogens with zero attached hydrogens (tertiary/aromatic N) is 1. The van der Waals surface area contributed by atoms with Gasteiger partial charge in [-0.05, 0) is 30.2 Å². The molecule has 7 nitrogen and oxygen atoms in total. The summed E-state index contributed by atoms with van der Waals surface area (Å²) >= 11 is 0. The first-order chi connectivity index (χ1) is 9.99. The molecule has 0 bridgehead atoms. The Morgan fingerprint density at radius 1 is 1.29 bits per heavy atom. The van der Waals surface area contributed by atoms with Crippen LogP contribution in [0.15, 0.2) is 18.2 Å². The van der Waals surface area contributed by atoms with Gasteiger partial charge in [0.05, 0.1) is 18.7 Å². The summed E-state index contributed by atoms with van der Waals surface area (Å²) in [6, 6.07) is 4.91. The van der Waals surface area contributed by atoms with Crippen molar-refractivity contribution < 1.29 is 24.2 Å². The van der Waals surface area contributed by atoms with Crippen LogP contribution in [0.25, 0.3) is 0 Å². The van der Waals surface area contributed by atoms with E-state index < -0.39 is 18.0 Å². The summed E-state index contributed by atoms with van der Waals surface area (Å²) in [5.41, 5.74) is 2.11. The highest BCUT2D eigenvalue weighted by Gasteiger charge is 2.22. The fourth-order valence-electron chi connectivity index (χ4n) is 2.23. The van der Waals surface area contributed by atoms with Crippen LogP contribution in [0.1, 0.15) is 28.4 Å². The summed E-state index contributed by atoms with van der Waals surface area (Å²) in [5, 5.41) is 11.1. The lowest BCUT2D eigenvalue weighted by molar-refractivity contribution is -0.121. The van der Waals surface area contributed by atoms with Gasteiger partial charge in [0.2, 0.25) is 5.91 Å². The molecule has 2 amide bonds. The van der Waals surface area contributed by atoms with E-state index >= 15 is 0 Å². The minimum Gasteiger partial charge on any atom is -0.478 e. The van der Waals surface area contributed by atoms with E-state index in [1.165, 1.54) is 0 Å². The number of carbonyl (C=O) groups excluding carboxylic acids is 2. The Morgan fingerprint density at radius 2 is 2.00 bits per heavy atom. The Hall–Kier alpha value is -2.41. The first-order valence-corrected chi connectivity index (χ1v) is 6.53. The normalized spacial score (nSPS) is 13.6. The number of fused-ring (bicyclic) bond motifs is 1. The van der Waals surface area contributed by atoms with Crippen molar-refractivity contribution in [3.05, 3.63) is 34.9 Å². The molecule has 0 radical (unpaired) electrons. The SMILES string of the molecule is CCOC(=O)NC(=O)CN1Cc2ccc(C(=O)O)cc2C1. The third kappa shape index (κ3) is 3.79. The molecule has 1 aliphatic heterocycles. The van der Waals surface area contributed by atoms with Crippen molar-refractivity contribution in [3.8, 4) is 0 Å². The summed E-state index contributed by atoms with van der Waals surface area (Å²) in [6.07, 6.45) is -0.757. The molecule has 2 rings (SSSR count). The first kappa shape index (κ1) is 15.0. The van der Waals surface area contributed by atoms with Gasteiger partial charge in [-0.25, -0.2) is 9.59 Å². The van der Waals surface area contributed by atoms with Crippen LogP contribution < -0.4 is 5.32 Å². The van der Waals surface area contributed by atoms with Gasteiger partial charge in [-0.1, -0.05) is 6.07 Å². The number of nitrogens with one attached hydrogen (secondary N) is 1. The van der Waals surface area contributed by atoms with Gasteiger partial charge in [0.25, 0.3) is 0 Å². The zero-order chi connectivity index (χ0) is 15.4. The number of amides is 2. The summed E-state index contributed by atoms with van der Waals surface area (Å²) in [4.78, 5) is 35.5. The number of hydrogen-bond acceptors (Lipinski definition) is 5. The first-order valence-electron chi connectivity index (χ1n) is 6.53. The summed E-state index contributed by atoms with van der Waals surface area (Å²) in [5.74, 6) is -1.42. The Labute approximate surface area is 121 Å². The maximum absolute atomic E-state index is 11.7. The van der Waals surface area contributed by atoms with E-state index in [1.54, 1.807) is 25.1 Å². The fourth-order valence-corrected chi connectivity index (χ4v) is 2.23. The lowest BCUT2D eigenvalue weighted by atomic mass is 10.1. The highest BCUT2D eigenvalue weighted by atomic mass is 16.5. The number of aromatic carboxylic acids is 1. The second kappa shape index (κ2) is 6.36. The number of ether oxygens (including phenoxy) is 1. The predicted molar refractivity (Wildman–Crippen MR) is 72.7 cm³/mol. The molecule has 21 heavy (non-hydrogen) atoms. The highest BCUT2D eigenvalue weighted by Crippen LogP contribution is 2.23. The Balaban J connectivity index is 1.92. The maximum Gasteiger partial charge on any atom is 0.413 e. The topological polar surface area (TPSA) is 95.9 Å². The summed E-state index contributed by atoms with van der Waals surface area (Å²) in [7, 11) is 0. The van der Waals surface area contributed by atoms with Gasteiger partial charge >= 0.3 is 12.1 Å². The van der Waals surface area contributed by atoms with Crippen molar-refractivity contribution in [3.63, 3.8) is 0 Å². The smallest absolute Gasteiger partial charge is 0.413 e. The van der Waals surface area contributed by atoms with E-state index in [0.717, 1.165) is 11.1 Å². The molecule has 0 fully saturated rings. The second-order valence-corrected chi connectivity index (χ2v) is 4.70. The van der Waals surface area contributed by atoms with Crippen LogP contribution in [0.3, 0.4) is 0 Å². The van der Waals surface area contributed by atoms with Crippen LogP contribution in [0, 0.1) is 0 Å². The van der Waals surface area contributed by atoms with E-state index in [-0.39, 0.29) is 18.7 Å². The van der Waals surface area contributed by atoms with Crippen molar-refractivity contribution in [1.29, 1.82) is 0 Å². The van der Waals surface area contributed by atoms with Crippen LogP contribution >= 0.6 is 0 Å². The molecule has 1 aromatic carbocycles. The fraction of sp³-hybridized carbons (Fsp3) is 0.357. The molecule has 2 N–H and O–H groups in total. The van der Waals surface area contributed by atoms with Crippen molar-refractivity contribution in [1.82, 2.24) is 10.2 Å². The van der Waals surface area contributed by atoms with Gasteiger partial charge in [-0.3, -0.25) is 15.0 Å². The maximum atomic E-state index is 11.7. The Morgan fingerprint density at radius 3 is 2.67 bits per heavy atom. The number of benzene rings is 1. The van der Waals surface area contributed by atoms with Crippen LogP contribution in [0.5, 0.6) is 0 Å². The van der Waals surface area contributed by atoms with Gasteiger partial charge in [0, 0.05) is 13.1 Å².